The SMILES string of the molecule is Cc1ccc(Br)c2c1C(C)(C)CN2.Cl. The minimum Gasteiger partial charge on any atom is -0.383 e. The molecule has 0 bridgehead atoms. The van der Waals surface area contributed by atoms with Gasteiger partial charge in [-0.25, -0.2) is 0 Å². The standard InChI is InChI=1S/C11H14BrN.ClH/c1-7-4-5-8(12)10-9(7)11(2,3)6-13-10;/h4-5,13H,6H2,1-3H3;1H. The molecule has 1 aliphatic rings. The van der Waals surface area contributed by atoms with Crippen molar-refractivity contribution in [2.24, 2.45) is 0 Å². The summed E-state index contributed by atoms with van der Waals surface area (Å²) in [6.07, 6.45) is 0. The summed E-state index contributed by atoms with van der Waals surface area (Å²) in [5.74, 6) is 0. The first-order valence-corrected chi connectivity index (χ1v) is 5.35. The molecule has 78 valence electrons. The minimum atomic E-state index is 0. The second-order valence-corrected chi connectivity index (χ2v) is 5.21. The van der Waals surface area contributed by atoms with Crippen molar-refractivity contribution in [3.05, 3.63) is 27.7 Å². The largest absolute Gasteiger partial charge is 0.383 e. The summed E-state index contributed by atoms with van der Waals surface area (Å²) in [5, 5.41) is 3.45. The van der Waals surface area contributed by atoms with Gasteiger partial charge in [-0.1, -0.05) is 19.9 Å². The van der Waals surface area contributed by atoms with Gasteiger partial charge in [-0.3, -0.25) is 0 Å². The Morgan fingerprint density at radius 2 is 2.00 bits per heavy atom. The van der Waals surface area contributed by atoms with E-state index in [0.717, 1.165) is 6.54 Å². The van der Waals surface area contributed by atoms with E-state index in [1.54, 1.807) is 0 Å². The third-order valence-corrected chi connectivity index (χ3v) is 3.41. The number of hydrogen-bond donors (Lipinski definition) is 1. The molecule has 14 heavy (non-hydrogen) atoms. The van der Waals surface area contributed by atoms with Crippen LogP contribution in [0, 0.1) is 6.92 Å². The molecule has 0 spiro atoms. The number of anilines is 1. The van der Waals surface area contributed by atoms with Gasteiger partial charge in [-0.2, -0.15) is 0 Å². The van der Waals surface area contributed by atoms with Crippen molar-refractivity contribution in [2.45, 2.75) is 26.2 Å². The van der Waals surface area contributed by atoms with Crippen LogP contribution in [0.5, 0.6) is 0 Å². The van der Waals surface area contributed by atoms with Crippen LogP contribution in [0.2, 0.25) is 0 Å². The molecule has 1 N–H and O–H groups in total. The number of fused-ring (bicyclic) bond motifs is 1. The molecule has 0 unspecified atom stereocenters. The zero-order valence-electron chi connectivity index (χ0n) is 8.65. The van der Waals surface area contributed by atoms with Crippen LogP contribution in [0.1, 0.15) is 25.0 Å². The fourth-order valence-electron chi connectivity index (χ4n) is 2.12. The van der Waals surface area contributed by atoms with Gasteiger partial charge in [0.15, 0.2) is 0 Å². The zero-order chi connectivity index (χ0) is 9.64. The molecule has 0 aromatic heterocycles. The highest BCUT2D eigenvalue weighted by Gasteiger charge is 2.32. The maximum Gasteiger partial charge on any atom is 0.0526 e. The van der Waals surface area contributed by atoms with Crippen LogP contribution in [0.3, 0.4) is 0 Å². The van der Waals surface area contributed by atoms with Crippen LogP contribution in [-0.4, -0.2) is 6.54 Å². The molecule has 0 amide bonds. The molecule has 0 aliphatic carbocycles. The van der Waals surface area contributed by atoms with E-state index in [2.05, 4.69) is 54.2 Å². The normalized spacial score (nSPS) is 16.9. The average molecular weight is 277 g/mol. The molecule has 1 heterocycles. The molecule has 1 aromatic rings. The topological polar surface area (TPSA) is 12.0 Å². The van der Waals surface area contributed by atoms with E-state index >= 15 is 0 Å². The monoisotopic (exact) mass is 275 g/mol. The average Bonchev–Trinajstić information content (AvgIpc) is 2.36. The minimum absolute atomic E-state index is 0. The summed E-state index contributed by atoms with van der Waals surface area (Å²) in [6, 6.07) is 4.29. The molecule has 0 saturated heterocycles. The number of aryl methyl sites for hydroxylation is 1. The number of hydrogen-bond acceptors (Lipinski definition) is 1. The lowest BCUT2D eigenvalue weighted by Gasteiger charge is -2.19. The van der Waals surface area contributed by atoms with E-state index in [1.807, 2.05) is 0 Å². The first-order chi connectivity index (χ1) is 6.02. The number of rotatable bonds is 0. The van der Waals surface area contributed by atoms with Gasteiger partial charge in [0.05, 0.1) is 5.69 Å². The predicted octanol–water partition coefficient (Wildman–Crippen LogP) is 3.88. The lowest BCUT2D eigenvalue weighted by atomic mass is 9.84. The first kappa shape index (κ1) is 11.9. The van der Waals surface area contributed by atoms with Crippen LogP contribution in [0.25, 0.3) is 0 Å². The molecule has 1 aromatic carbocycles. The van der Waals surface area contributed by atoms with Gasteiger partial charge in [0.25, 0.3) is 0 Å². The van der Waals surface area contributed by atoms with Crippen molar-refractivity contribution in [2.75, 3.05) is 11.9 Å². The highest BCUT2D eigenvalue weighted by atomic mass is 79.9. The van der Waals surface area contributed by atoms with Crippen LogP contribution in [-0.2, 0) is 5.41 Å². The second kappa shape index (κ2) is 3.74. The van der Waals surface area contributed by atoms with Crippen LogP contribution in [0.15, 0.2) is 16.6 Å². The first-order valence-electron chi connectivity index (χ1n) is 4.56. The Morgan fingerprint density at radius 1 is 1.36 bits per heavy atom. The van der Waals surface area contributed by atoms with Gasteiger partial charge < -0.3 is 5.32 Å². The van der Waals surface area contributed by atoms with Crippen molar-refractivity contribution in [1.29, 1.82) is 0 Å². The predicted molar refractivity (Wildman–Crippen MR) is 67.6 cm³/mol. The Morgan fingerprint density at radius 3 is 2.57 bits per heavy atom. The molecule has 2 rings (SSSR count). The Kier molecular flexibility index (Phi) is 3.17. The highest BCUT2D eigenvalue weighted by molar-refractivity contribution is 9.10. The molecular formula is C11H15BrClN. The lowest BCUT2D eigenvalue weighted by Crippen LogP contribution is -2.19. The van der Waals surface area contributed by atoms with Gasteiger partial charge in [-0.15, -0.1) is 12.4 Å². The van der Waals surface area contributed by atoms with Crippen LogP contribution in [0.4, 0.5) is 5.69 Å². The van der Waals surface area contributed by atoms with Crippen LogP contribution >= 0.6 is 28.3 Å². The fourth-order valence-corrected chi connectivity index (χ4v) is 2.59. The van der Waals surface area contributed by atoms with Gasteiger partial charge in [0.1, 0.15) is 0 Å². The van der Waals surface area contributed by atoms with Gasteiger partial charge in [0.2, 0.25) is 0 Å². The molecule has 1 aliphatic heterocycles. The Bertz CT molecular complexity index is 361. The molecule has 1 nitrogen and oxygen atoms in total. The second-order valence-electron chi connectivity index (χ2n) is 4.35. The third kappa shape index (κ3) is 1.66. The van der Waals surface area contributed by atoms with E-state index in [0.29, 0.717) is 0 Å². The number of nitrogens with one attached hydrogen (secondary N) is 1. The van der Waals surface area contributed by atoms with E-state index < -0.39 is 0 Å². The molecular weight excluding hydrogens is 261 g/mol. The number of benzene rings is 1. The smallest absolute Gasteiger partial charge is 0.0526 e. The van der Waals surface area contributed by atoms with E-state index in [-0.39, 0.29) is 17.8 Å². The van der Waals surface area contributed by atoms with Gasteiger partial charge in [-0.05, 0) is 40.0 Å². The van der Waals surface area contributed by atoms with Crippen molar-refractivity contribution in [3.8, 4) is 0 Å². The molecule has 0 saturated carbocycles. The molecule has 0 radical (unpaired) electrons. The highest BCUT2D eigenvalue weighted by Crippen LogP contribution is 2.42. The van der Waals surface area contributed by atoms with Gasteiger partial charge in [0, 0.05) is 16.4 Å². The summed E-state index contributed by atoms with van der Waals surface area (Å²) in [5.41, 5.74) is 4.39. The fraction of sp³-hybridized carbons (Fsp3) is 0.455. The Hall–Kier alpha value is -0.210. The van der Waals surface area contributed by atoms with E-state index in [4.69, 9.17) is 0 Å². The van der Waals surface area contributed by atoms with Crippen molar-refractivity contribution in [1.82, 2.24) is 0 Å². The van der Waals surface area contributed by atoms with Crippen molar-refractivity contribution >= 4 is 34.0 Å². The third-order valence-electron chi connectivity index (χ3n) is 2.75. The summed E-state index contributed by atoms with van der Waals surface area (Å²) in [6.45, 7) is 7.78. The maximum atomic E-state index is 3.57. The lowest BCUT2D eigenvalue weighted by molar-refractivity contribution is 0.583. The van der Waals surface area contributed by atoms with Crippen molar-refractivity contribution in [3.63, 3.8) is 0 Å². The summed E-state index contributed by atoms with van der Waals surface area (Å²) in [4.78, 5) is 0. The summed E-state index contributed by atoms with van der Waals surface area (Å²) >= 11 is 3.57. The number of halogens is 2. The summed E-state index contributed by atoms with van der Waals surface area (Å²) < 4.78 is 1.18. The Balaban J connectivity index is 0.000000980. The molecule has 0 atom stereocenters. The van der Waals surface area contributed by atoms with E-state index in [9.17, 15) is 0 Å². The Labute approximate surface area is 99.8 Å². The molecule has 0 fully saturated rings. The maximum absolute atomic E-state index is 3.57. The summed E-state index contributed by atoms with van der Waals surface area (Å²) in [7, 11) is 0. The zero-order valence-corrected chi connectivity index (χ0v) is 11.1. The van der Waals surface area contributed by atoms with E-state index in [1.165, 1.54) is 21.3 Å². The van der Waals surface area contributed by atoms with Crippen LogP contribution < -0.4 is 5.32 Å². The quantitative estimate of drug-likeness (QED) is 0.758. The molecule has 3 heteroatoms. The van der Waals surface area contributed by atoms with Crippen molar-refractivity contribution < 1.29 is 0 Å². The van der Waals surface area contributed by atoms with Gasteiger partial charge >= 0.3 is 0 Å².